The fourth-order valence-electron chi connectivity index (χ4n) is 0.717. The standard InChI is InChI=1S/C8H17NO4/c1-8(2,5-11)6(12)7(13)9-3-4-10/h6,10-12H,3-5H2,1-2H3,(H,9,13)/t6-/m1/s1. The minimum Gasteiger partial charge on any atom is -0.396 e. The lowest BCUT2D eigenvalue weighted by Crippen LogP contribution is -2.46. The zero-order valence-corrected chi connectivity index (χ0v) is 7.95. The van der Waals surface area contributed by atoms with Crippen molar-refractivity contribution < 1.29 is 20.1 Å². The number of amides is 1. The summed E-state index contributed by atoms with van der Waals surface area (Å²) in [5.74, 6) is -0.576. The van der Waals surface area contributed by atoms with Crippen LogP contribution in [0.5, 0.6) is 0 Å². The summed E-state index contributed by atoms with van der Waals surface area (Å²) in [7, 11) is 0. The highest BCUT2D eigenvalue weighted by atomic mass is 16.3. The van der Waals surface area contributed by atoms with Gasteiger partial charge in [0.25, 0.3) is 0 Å². The molecule has 5 heteroatoms. The summed E-state index contributed by atoms with van der Waals surface area (Å²) >= 11 is 0. The zero-order chi connectivity index (χ0) is 10.5. The molecule has 1 amide bonds. The van der Waals surface area contributed by atoms with Gasteiger partial charge in [0.15, 0.2) is 0 Å². The first kappa shape index (κ1) is 12.3. The first-order valence-electron chi connectivity index (χ1n) is 4.13. The predicted octanol–water partition coefficient (Wildman–Crippen LogP) is -1.53. The Kier molecular flexibility index (Phi) is 4.90. The molecule has 0 rings (SSSR count). The molecule has 0 heterocycles. The van der Waals surface area contributed by atoms with Crippen LogP contribution in [-0.2, 0) is 4.79 Å². The maximum absolute atomic E-state index is 11.1. The number of rotatable bonds is 5. The van der Waals surface area contributed by atoms with Crippen LogP contribution >= 0.6 is 0 Å². The molecule has 78 valence electrons. The van der Waals surface area contributed by atoms with Gasteiger partial charge in [-0.15, -0.1) is 0 Å². The Labute approximate surface area is 77.4 Å². The SMILES string of the molecule is CC(C)(CO)[C@H](O)C(=O)NCCO. The van der Waals surface area contributed by atoms with Crippen LogP contribution in [0.15, 0.2) is 0 Å². The average molecular weight is 191 g/mol. The van der Waals surface area contributed by atoms with Crippen molar-refractivity contribution in [3.63, 3.8) is 0 Å². The second-order valence-electron chi connectivity index (χ2n) is 3.56. The molecule has 0 fully saturated rings. The number of hydrogen-bond acceptors (Lipinski definition) is 4. The summed E-state index contributed by atoms with van der Waals surface area (Å²) < 4.78 is 0. The maximum atomic E-state index is 11.1. The normalized spacial score (nSPS) is 13.9. The Hall–Kier alpha value is -0.650. The van der Waals surface area contributed by atoms with E-state index in [-0.39, 0.29) is 19.8 Å². The van der Waals surface area contributed by atoms with Gasteiger partial charge in [-0.3, -0.25) is 4.79 Å². The monoisotopic (exact) mass is 191 g/mol. The van der Waals surface area contributed by atoms with Gasteiger partial charge in [0.2, 0.25) is 5.91 Å². The van der Waals surface area contributed by atoms with Gasteiger partial charge >= 0.3 is 0 Å². The van der Waals surface area contributed by atoms with E-state index in [0.717, 1.165) is 0 Å². The Morgan fingerprint density at radius 2 is 2.00 bits per heavy atom. The zero-order valence-electron chi connectivity index (χ0n) is 7.95. The average Bonchev–Trinajstić information content (AvgIpc) is 2.12. The van der Waals surface area contributed by atoms with Crippen molar-refractivity contribution in [3.8, 4) is 0 Å². The molecule has 0 unspecified atom stereocenters. The summed E-state index contributed by atoms with van der Waals surface area (Å²) in [5.41, 5.74) is -0.862. The quantitative estimate of drug-likeness (QED) is 0.424. The van der Waals surface area contributed by atoms with Gasteiger partial charge in [-0.25, -0.2) is 0 Å². The van der Waals surface area contributed by atoms with E-state index in [4.69, 9.17) is 10.2 Å². The molecular weight excluding hydrogens is 174 g/mol. The highest BCUT2D eigenvalue weighted by Gasteiger charge is 2.32. The van der Waals surface area contributed by atoms with Crippen molar-refractivity contribution in [1.82, 2.24) is 5.32 Å². The van der Waals surface area contributed by atoms with E-state index in [0.29, 0.717) is 0 Å². The summed E-state index contributed by atoms with van der Waals surface area (Å²) in [6.45, 7) is 2.82. The summed E-state index contributed by atoms with van der Waals surface area (Å²) in [6.07, 6.45) is -1.26. The van der Waals surface area contributed by atoms with Crippen LogP contribution in [-0.4, -0.2) is 47.1 Å². The van der Waals surface area contributed by atoms with Gasteiger partial charge in [0, 0.05) is 12.0 Å². The molecule has 0 aliphatic carbocycles. The summed E-state index contributed by atoms with van der Waals surface area (Å²) in [6, 6.07) is 0. The molecule has 1 atom stereocenters. The Morgan fingerprint density at radius 3 is 2.38 bits per heavy atom. The lowest BCUT2D eigenvalue weighted by Gasteiger charge is -2.26. The van der Waals surface area contributed by atoms with E-state index in [2.05, 4.69) is 5.32 Å². The highest BCUT2D eigenvalue weighted by molar-refractivity contribution is 5.81. The highest BCUT2D eigenvalue weighted by Crippen LogP contribution is 2.19. The molecule has 0 aromatic rings. The first-order chi connectivity index (χ1) is 5.95. The molecule has 0 bridgehead atoms. The molecule has 0 aromatic carbocycles. The van der Waals surface area contributed by atoms with Gasteiger partial charge in [0.05, 0.1) is 13.2 Å². The second kappa shape index (κ2) is 5.16. The van der Waals surface area contributed by atoms with Crippen LogP contribution in [0.25, 0.3) is 0 Å². The largest absolute Gasteiger partial charge is 0.396 e. The maximum Gasteiger partial charge on any atom is 0.249 e. The summed E-state index contributed by atoms with van der Waals surface area (Å²) in [5, 5.41) is 29.0. The topological polar surface area (TPSA) is 89.8 Å². The number of aliphatic hydroxyl groups is 3. The predicted molar refractivity (Wildman–Crippen MR) is 47.0 cm³/mol. The van der Waals surface area contributed by atoms with Crippen molar-refractivity contribution in [3.05, 3.63) is 0 Å². The van der Waals surface area contributed by atoms with Crippen LogP contribution in [0.3, 0.4) is 0 Å². The van der Waals surface area contributed by atoms with Crippen LogP contribution in [0.1, 0.15) is 13.8 Å². The van der Waals surface area contributed by atoms with E-state index < -0.39 is 17.4 Å². The first-order valence-corrected chi connectivity index (χ1v) is 4.13. The minimum atomic E-state index is -1.26. The number of nitrogens with one attached hydrogen (secondary N) is 1. The molecule has 0 aliphatic heterocycles. The third-order valence-corrected chi connectivity index (χ3v) is 1.81. The number of hydrogen-bond donors (Lipinski definition) is 4. The minimum absolute atomic E-state index is 0.109. The van der Waals surface area contributed by atoms with E-state index in [1.807, 2.05) is 0 Å². The van der Waals surface area contributed by atoms with Gasteiger partial charge < -0.3 is 20.6 Å². The lowest BCUT2D eigenvalue weighted by molar-refractivity contribution is -0.137. The molecule has 0 spiro atoms. The Morgan fingerprint density at radius 1 is 1.46 bits per heavy atom. The van der Waals surface area contributed by atoms with Gasteiger partial charge in [0.1, 0.15) is 6.10 Å². The van der Waals surface area contributed by atoms with Crippen molar-refractivity contribution in [2.24, 2.45) is 5.41 Å². The van der Waals surface area contributed by atoms with Crippen LogP contribution in [0.4, 0.5) is 0 Å². The van der Waals surface area contributed by atoms with Crippen LogP contribution in [0, 0.1) is 5.41 Å². The van der Waals surface area contributed by atoms with Crippen molar-refractivity contribution in [2.45, 2.75) is 20.0 Å². The molecule has 0 saturated heterocycles. The molecule has 4 N–H and O–H groups in total. The molecule has 0 saturated carbocycles. The van der Waals surface area contributed by atoms with Gasteiger partial charge in [-0.05, 0) is 0 Å². The molecule has 0 radical (unpaired) electrons. The molecule has 0 aromatic heterocycles. The van der Waals surface area contributed by atoms with Crippen LogP contribution < -0.4 is 5.32 Å². The van der Waals surface area contributed by atoms with E-state index in [1.54, 1.807) is 13.8 Å². The van der Waals surface area contributed by atoms with E-state index in [9.17, 15) is 9.90 Å². The van der Waals surface area contributed by atoms with Crippen LogP contribution in [0.2, 0.25) is 0 Å². The third-order valence-electron chi connectivity index (χ3n) is 1.81. The molecule has 0 aliphatic rings. The van der Waals surface area contributed by atoms with E-state index >= 15 is 0 Å². The molecular formula is C8H17NO4. The third kappa shape index (κ3) is 3.71. The molecule has 5 nitrogen and oxygen atoms in total. The number of carbonyl (C=O) groups is 1. The lowest BCUT2D eigenvalue weighted by atomic mass is 9.87. The van der Waals surface area contributed by atoms with Crippen molar-refractivity contribution in [2.75, 3.05) is 19.8 Å². The number of aliphatic hydroxyl groups excluding tert-OH is 3. The molecule has 13 heavy (non-hydrogen) atoms. The Bertz CT molecular complexity index is 170. The fraction of sp³-hybridized carbons (Fsp3) is 0.875. The van der Waals surface area contributed by atoms with Crippen molar-refractivity contribution >= 4 is 5.91 Å². The van der Waals surface area contributed by atoms with Crippen molar-refractivity contribution in [1.29, 1.82) is 0 Å². The smallest absolute Gasteiger partial charge is 0.249 e. The van der Waals surface area contributed by atoms with Gasteiger partial charge in [-0.1, -0.05) is 13.8 Å². The van der Waals surface area contributed by atoms with E-state index in [1.165, 1.54) is 0 Å². The second-order valence-corrected chi connectivity index (χ2v) is 3.56. The summed E-state index contributed by atoms with van der Waals surface area (Å²) in [4.78, 5) is 11.1. The number of carbonyl (C=O) groups excluding carboxylic acids is 1. The van der Waals surface area contributed by atoms with Gasteiger partial charge in [-0.2, -0.15) is 0 Å². The Balaban J connectivity index is 4.09. The fourth-order valence-corrected chi connectivity index (χ4v) is 0.717.